The third kappa shape index (κ3) is 3.85. The van der Waals surface area contributed by atoms with Crippen LogP contribution in [0.4, 0.5) is 11.4 Å². The molecule has 0 aliphatic heterocycles. The molecule has 0 fully saturated rings. The van der Waals surface area contributed by atoms with Crippen molar-refractivity contribution in [2.45, 2.75) is 0 Å². The van der Waals surface area contributed by atoms with E-state index in [0.717, 1.165) is 5.75 Å². The van der Waals surface area contributed by atoms with Gasteiger partial charge in [0.15, 0.2) is 0 Å². The summed E-state index contributed by atoms with van der Waals surface area (Å²) in [6.45, 7) is 0.556. The van der Waals surface area contributed by atoms with E-state index in [-0.39, 0.29) is 17.2 Å². The van der Waals surface area contributed by atoms with Crippen LogP contribution in [0, 0.1) is 10.1 Å². The molecule has 1 amide bonds. The van der Waals surface area contributed by atoms with E-state index in [4.69, 9.17) is 0 Å². The molecule has 1 N–H and O–H groups in total. The van der Waals surface area contributed by atoms with Crippen LogP contribution in [0.25, 0.3) is 0 Å². The zero-order valence-electron chi connectivity index (χ0n) is 11.2. The molecule has 104 valence electrons. The van der Waals surface area contributed by atoms with Gasteiger partial charge in [0.1, 0.15) is 5.56 Å². The first-order chi connectivity index (χ1) is 9.01. The Kier molecular flexibility index (Phi) is 5.62. The predicted octanol–water partition coefficient (Wildman–Crippen LogP) is 2.07. The van der Waals surface area contributed by atoms with Gasteiger partial charge < -0.3 is 10.2 Å². The van der Waals surface area contributed by atoms with Crippen molar-refractivity contribution in [1.29, 1.82) is 0 Å². The number of hydrogen-bond donors (Lipinski definition) is 1. The zero-order valence-corrected chi connectivity index (χ0v) is 12.0. The molecule has 19 heavy (non-hydrogen) atoms. The van der Waals surface area contributed by atoms with Gasteiger partial charge in [-0.05, 0) is 18.4 Å². The van der Waals surface area contributed by atoms with Crippen LogP contribution in [0.1, 0.15) is 10.4 Å². The Hall–Kier alpha value is -1.76. The number of anilines is 1. The first kappa shape index (κ1) is 15.3. The highest BCUT2D eigenvalue weighted by Gasteiger charge is 2.23. The summed E-state index contributed by atoms with van der Waals surface area (Å²) >= 11 is 1.62. The molecule has 7 heteroatoms. The minimum Gasteiger partial charge on any atom is -0.388 e. The van der Waals surface area contributed by atoms with Crippen LogP contribution in [0.5, 0.6) is 0 Å². The molecular formula is C12H17N3O3S. The second kappa shape index (κ2) is 6.98. The Morgan fingerprint density at radius 1 is 1.53 bits per heavy atom. The minimum absolute atomic E-state index is 0.112. The second-order valence-electron chi connectivity index (χ2n) is 3.96. The summed E-state index contributed by atoms with van der Waals surface area (Å²) in [5.41, 5.74) is 0.618. The van der Waals surface area contributed by atoms with Gasteiger partial charge >= 0.3 is 0 Å². The maximum atomic E-state index is 12.2. The number of nitro groups is 1. The number of nitrogens with one attached hydrogen (secondary N) is 1. The van der Waals surface area contributed by atoms with E-state index < -0.39 is 4.92 Å². The van der Waals surface area contributed by atoms with Crippen LogP contribution in [0.2, 0.25) is 0 Å². The lowest BCUT2D eigenvalue weighted by molar-refractivity contribution is -0.385. The summed E-state index contributed by atoms with van der Waals surface area (Å²) < 4.78 is 0. The molecule has 0 atom stereocenters. The Morgan fingerprint density at radius 3 is 2.74 bits per heavy atom. The number of carbonyl (C=O) groups is 1. The number of nitrogens with zero attached hydrogens (tertiary/aromatic N) is 2. The summed E-state index contributed by atoms with van der Waals surface area (Å²) in [6.07, 6.45) is 1.95. The van der Waals surface area contributed by atoms with Crippen molar-refractivity contribution in [1.82, 2.24) is 4.90 Å². The molecule has 1 aromatic rings. The van der Waals surface area contributed by atoms with Crippen molar-refractivity contribution in [3.63, 3.8) is 0 Å². The molecule has 0 bridgehead atoms. The van der Waals surface area contributed by atoms with E-state index in [1.54, 1.807) is 31.9 Å². The largest absolute Gasteiger partial charge is 0.388 e. The number of rotatable bonds is 6. The number of benzene rings is 1. The molecular weight excluding hydrogens is 266 g/mol. The molecule has 0 aromatic heterocycles. The van der Waals surface area contributed by atoms with Gasteiger partial charge in [-0.15, -0.1) is 0 Å². The summed E-state index contributed by atoms with van der Waals surface area (Å²) in [4.78, 5) is 24.2. The number of thioether (sulfide) groups is 1. The number of carbonyl (C=O) groups excluding carboxylic acids is 1. The average molecular weight is 283 g/mol. The molecule has 0 aliphatic rings. The monoisotopic (exact) mass is 283 g/mol. The van der Waals surface area contributed by atoms with E-state index in [0.29, 0.717) is 12.2 Å². The standard InChI is InChI=1S/C12H17N3O3S/c1-13-9-4-5-11(15(17)18)10(8-9)12(16)14(2)6-7-19-3/h4-5,8,13H,6-7H2,1-3H3. The van der Waals surface area contributed by atoms with Gasteiger partial charge in [0.05, 0.1) is 4.92 Å². The van der Waals surface area contributed by atoms with Crippen molar-refractivity contribution in [3.8, 4) is 0 Å². The zero-order chi connectivity index (χ0) is 14.4. The first-order valence-electron chi connectivity index (χ1n) is 5.71. The summed E-state index contributed by atoms with van der Waals surface area (Å²) in [5, 5.41) is 13.8. The lowest BCUT2D eigenvalue weighted by Gasteiger charge is -2.17. The summed E-state index contributed by atoms with van der Waals surface area (Å²) in [7, 11) is 3.35. The Morgan fingerprint density at radius 2 is 2.21 bits per heavy atom. The van der Waals surface area contributed by atoms with Crippen molar-refractivity contribution in [2.24, 2.45) is 0 Å². The van der Waals surface area contributed by atoms with Gasteiger partial charge in [-0.1, -0.05) is 0 Å². The Labute approximate surface area is 116 Å². The van der Waals surface area contributed by atoms with Gasteiger partial charge in [0.2, 0.25) is 0 Å². The van der Waals surface area contributed by atoms with Gasteiger partial charge in [-0.25, -0.2) is 0 Å². The van der Waals surface area contributed by atoms with Crippen LogP contribution in [-0.2, 0) is 0 Å². The average Bonchev–Trinajstić information content (AvgIpc) is 2.42. The molecule has 6 nitrogen and oxygen atoms in total. The van der Waals surface area contributed by atoms with Crippen molar-refractivity contribution in [3.05, 3.63) is 33.9 Å². The van der Waals surface area contributed by atoms with Crippen LogP contribution in [0.3, 0.4) is 0 Å². The minimum atomic E-state index is -0.533. The molecule has 1 aromatic carbocycles. The maximum Gasteiger partial charge on any atom is 0.282 e. The van der Waals surface area contributed by atoms with Gasteiger partial charge in [0, 0.05) is 38.1 Å². The lowest BCUT2D eigenvalue weighted by Crippen LogP contribution is -2.29. The summed E-state index contributed by atoms with van der Waals surface area (Å²) in [5.74, 6) is 0.458. The summed E-state index contributed by atoms with van der Waals surface area (Å²) in [6, 6.07) is 4.44. The quantitative estimate of drug-likeness (QED) is 0.639. The Bertz CT molecular complexity index is 479. The number of nitro benzene ring substituents is 1. The first-order valence-corrected chi connectivity index (χ1v) is 7.11. The van der Waals surface area contributed by atoms with E-state index in [1.807, 2.05) is 6.26 Å². The molecule has 0 spiro atoms. The molecule has 1 rings (SSSR count). The second-order valence-corrected chi connectivity index (χ2v) is 4.94. The van der Waals surface area contributed by atoms with Gasteiger partial charge in [0.25, 0.3) is 11.6 Å². The highest BCUT2D eigenvalue weighted by Crippen LogP contribution is 2.23. The van der Waals surface area contributed by atoms with Crippen LogP contribution >= 0.6 is 11.8 Å². The normalized spacial score (nSPS) is 10.1. The highest BCUT2D eigenvalue weighted by atomic mass is 32.2. The van der Waals surface area contributed by atoms with Crippen LogP contribution < -0.4 is 5.32 Å². The van der Waals surface area contributed by atoms with Crippen molar-refractivity contribution < 1.29 is 9.72 Å². The fraction of sp³-hybridized carbons (Fsp3) is 0.417. The van der Waals surface area contributed by atoms with E-state index in [9.17, 15) is 14.9 Å². The topological polar surface area (TPSA) is 75.5 Å². The lowest BCUT2D eigenvalue weighted by atomic mass is 10.1. The van der Waals surface area contributed by atoms with Crippen molar-refractivity contribution in [2.75, 3.05) is 38.0 Å². The molecule has 0 saturated carbocycles. The highest BCUT2D eigenvalue weighted by molar-refractivity contribution is 7.98. The third-order valence-electron chi connectivity index (χ3n) is 2.69. The molecule has 0 unspecified atom stereocenters. The van der Waals surface area contributed by atoms with Crippen molar-refractivity contribution >= 4 is 29.0 Å². The maximum absolute atomic E-state index is 12.2. The van der Waals surface area contributed by atoms with E-state index >= 15 is 0 Å². The predicted molar refractivity (Wildman–Crippen MR) is 78.0 cm³/mol. The van der Waals surface area contributed by atoms with E-state index in [1.165, 1.54) is 17.0 Å². The molecule has 0 aliphatic carbocycles. The fourth-order valence-corrected chi connectivity index (χ4v) is 2.01. The Balaban J connectivity index is 3.08. The number of hydrogen-bond acceptors (Lipinski definition) is 5. The molecule has 0 saturated heterocycles. The van der Waals surface area contributed by atoms with Gasteiger partial charge in [-0.3, -0.25) is 14.9 Å². The third-order valence-corrected chi connectivity index (χ3v) is 3.28. The van der Waals surface area contributed by atoms with Crippen LogP contribution in [-0.4, -0.2) is 48.4 Å². The van der Waals surface area contributed by atoms with E-state index in [2.05, 4.69) is 5.32 Å². The number of amides is 1. The fourth-order valence-electron chi connectivity index (χ4n) is 1.56. The SMILES string of the molecule is CNc1ccc([N+](=O)[O-])c(C(=O)N(C)CCSC)c1. The van der Waals surface area contributed by atoms with Gasteiger partial charge in [-0.2, -0.15) is 11.8 Å². The molecule has 0 heterocycles. The molecule has 0 radical (unpaired) electrons. The van der Waals surface area contributed by atoms with Crippen LogP contribution in [0.15, 0.2) is 18.2 Å². The smallest absolute Gasteiger partial charge is 0.282 e.